The Balaban J connectivity index is 2.65. The van der Waals surface area contributed by atoms with Crippen LogP contribution in [0, 0.1) is 0 Å². The Labute approximate surface area is 102 Å². The predicted octanol–water partition coefficient (Wildman–Crippen LogP) is 3.75. The van der Waals surface area contributed by atoms with Gasteiger partial charge >= 0.3 is 102 Å². The molecular weight excluding hydrogens is 289 g/mol. The molecule has 0 aromatic carbocycles. The van der Waals surface area contributed by atoms with Gasteiger partial charge in [0.1, 0.15) is 0 Å². The first kappa shape index (κ1) is 12.6. The summed E-state index contributed by atoms with van der Waals surface area (Å²) in [5, 5.41) is 5.79. The van der Waals surface area contributed by atoms with Crippen molar-refractivity contribution in [3.8, 4) is 0 Å². The van der Waals surface area contributed by atoms with Crippen LogP contribution in [-0.4, -0.2) is 30.9 Å². The first-order valence-electron chi connectivity index (χ1n) is 5.33. The summed E-state index contributed by atoms with van der Waals surface area (Å²) in [4.78, 5) is 0. The molecule has 1 aliphatic rings. The van der Waals surface area contributed by atoms with E-state index in [4.69, 9.17) is 0 Å². The van der Waals surface area contributed by atoms with Crippen molar-refractivity contribution in [3.63, 3.8) is 0 Å². The van der Waals surface area contributed by atoms with E-state index >= 15 is 0 Å². The van der Waals surface area contributed by atoms with Gasteiger partial charge in [-0.05, 0) is 0 Å². The standard InChI is InChI=1S/C12H20Ge2/c1-9-5-13-7-11(3)12(4)8-14-6-10(9)2/h5-8H2,1-4H3/b10-9-,12-11-. The molecule has 0 saturated heterocycles. The van der Waals surface area contributed by atoms with Crippen LogP contribution in [0.4, 0.5) is 0 Å². The van der Waals surface area contributed by atoms with E-state index in [1.807, 2.05) is 0 Å². The summed E-state index contributed by atoms with van der Waals surface area (Å²) in [5.74, 6) is 0. The van der Waals surface area contributed by atoms with Crippen molar-refractivity contribution in [2.75, 3.05) is 0 Å². The summed E-state index contributed by atoms with van der Waals surface area (Å²) in [6.45, 7) is 9.44. The van der Waals surface area contributed by atoms with Crippen molar-refractivity contribution in [2.24, 2.45) is 0 Å². The molecule has 1 rings (SSSR count). The Bertz CT molecular complexity index is 209. The molecule has 2 heteroatoms. The van der Waals surface area contributed by atoms with Crippen molar-refractivity contribution in [2.45, 2.75) is 48.7 Å². The predicted molar refractivity (Wildman–Crippen MR) is 67.5 cm³/mol. The van der Waals surface area contributed by atoms with Gasteiger partial charge in [-0.25, -0.2) is 0 Å². The van der Waals surface area contributed by atoms with Crippen LogP contribution >= 0.6 is 0 Å². The van der Waals surface area contributed by atoms with Gasteiger partial charge in [0, 0.05) is 0 Å². The number of allylic oxidation sites excluding steroid dienone is 4. The zero-order valence-corrected chi connectivity index (χ0v) is 14.0. The summed E-state index contributed by atoms with van der Waals surface area (Å²) in [7, 11) is 0. The van der Waals surface area contributed by atoms with Gasteiger partial charge < -0.3 is 0 Å². The minimum atomic E-state index is 0.274. The van der Waals surface area contributed by atoms with E-state index in [9.17, 15) is 0 Å². The Morgan fingerprint density at radius 2 is 0.786 bits per heavy atom. The van der Waals surface area contributed by atoms with Gasteiger partial charge in [-0.15, -0.1) is 0 Å². The van der Waals surface area contributed by atoms with Crippen LogP contribution in [0.5, 0.6) is 0 Å². The molecule has 0 nitrogen and oxygen atoms in total. The van der Waals surface area contributed by atoms with Crippen LogP contribution in [0.1, 0.15) is 27.7 Å². The zero-order chi connectivity index (χ0) is 10.6. The zero-order valence-electron chi connectivity index (χ0n) is 9.83. The molecule has 0 aliphatic carbocycles. The summed E-state index contributed by atoms with van der Waals surface area (Å²) in [5.41, 5.74) is 6.89. The third kappa shape index (κ3) is 3.97. The van der Waals surface area contributed by atoms with Gasteiger partial charge in [-0.2, -0.15) is 0 Å². The van der Waals surface area contributed by atoms with Crippen LogP contribution in [0.15, 0.2) is 22.3 Å². The van der Waals surface area contributed by atoms with Gasteiger partial charge in [0.25, 0.3) is 0 Å². The molecule has 0 fully saturated rings. The first-order valence-corrected chi connectivity index (χ1v) is 11.3. The average molecular weight is 310 g/mol. The van der Waals surface area contributed by atoms with Crippen molar-refractivity contribution in [1.82, 2.24) is 0 Å². The average Bonchev–Trinajstić information content (AvgIpc) is 2.15. The van der Waals surface area contributed by atoms with E-state index < -0.39 is 0 Å². The third-order valence-electron chi connectivity index (χ3n) is 3.02. The maximum atomic E-state index is 2.36. The molecule has 14 heavy (non-hydrogen) atoms. The Kier molecular flexibility index (Phi) is 5.61. The second-order valence-electron chi connectivity index (χ2n) is 4.33. The summed E-state index contributed by atoms with van der Waals surface area (Å²) in [6.07, 6.45) is 0. The van der Waals surface area contributed by atoms with E-state index in [0.717, 1.165) is 0 Å². The fourth-order valence-electron chi connectivity index (χ4n) is 1.48. The fraction of sp³-hybridized carbons (Fsp3) is 0.667. The number of hydrogen-bond acceptors (Lipinski definition) is 0. The molecule has 0 unspecified atom stereocenters. The second kappa shape index (κ2) is 6.21. The SMILES string of the molecule is C/C1=C(\C)[CH2][Ge][CH2]/C(C)=C(/C)[CH2][Ge][CH2]1. The topological polar surface area (TPSA) is 0 Å². The quantitative estimate of drug-likeness (QED) is 0.472. The van der Waals surface area contributed by atoms with Crippen LogP contribution in [-0.2, 0) is 0 Å². The molecule has 1 aliphatic heterocycles. The van der Waals surface area contributed by atoms with E-state index in [2.05, 4.69) is 27.7 Å². The van der Waals surface area contributed by atoms with Crippen molar-refractivity contribution in [1.29, 1.82) is 0 Å². The monoisotopic (exact) mass is 312 g/mol. The molecule has 4 radical (unpaired) electrons. The molecule has 0 bridgehead atoms. The van der Waals surface area contributed by atoms with E-state index in [1.54, 1.807) is 22.3 Å². The van der Waals surface area contributed by atoms with Crippen LogP contribution < -0.4 is 0 Å². The summed E-state index contributed by atoms with van der Waals surface area (Å²) < 4.78 is 0. The van der Waals surface area contributed by atoms with Gasteiger partial charge in [-0.3, -0.25) is 0 Å². The number of rotatable bonds is 0. The summed E-state index contributed by atoms with van der Waals surface area (Å²) >= 11 is 0.547. The molecule has 1 heterocycles. The van der Waals surface area contributed by atoms with E-state index in [1.165, 1.54) is 21.0 Å². The third-order valence-corrected chi connectivity index (χ3v) is 9.57. The molecule has 76 valence electrons. The van der Waals surface area contributed by atoms with E-state index in [0.29, 0.717) is 0 Å². The normalized spacial score (nSPS) is 31.7. The fourth-order valence-corrected chi connectivity index (χ4v) is 7.68. The number of hydrogen-bond donors (Lipinski definition) is 0. The minimum absolute atomic E-state index is 0.274. The molecule has 0 aromatic heterocycles. The van der Waals surface area contributed by atoms with Crippen LogP contribution in [0.25, 0.3) is 0 Å². The van der Waals surface area contributed by atoms with Crippen molar-refractivity contribution in [3.05, 3.63) is 22.3 Å². The second-order valence-corrected chi connectivity index (χ2v) is 9.39. The van der Waals surface area contributed by atoms with Gasteiger partial charge in [0.15, 0.2) is 0 Å². The maximum absolute atomic E-state index is 2.36. The van der Waals surface area contributed by atoms with Crippen molar-refractivity contribution >= 4 is 30.9 Å². The Hall–Kier alpha value is 0.566. The molecule has 0 amide bonds. The molecular formula is C12H20Ge2. The molecule has 0 aromatic rings. The Morgan fingerprint density at radius 1 is 0.571 bits per heavy atom. The molecule has 0 spiro atoms. The van der Waals surface area contributed by atoms with Crippen molar-refractivity contribution < 1.29 is 0 Å². The van der Waals surface area contributed by atoms with Gasteiger partial charge in [0.05, 0.1) is 0 Å². The van der Waals surface area contributed by atoms with Crippen LogP contribution in [0.2, 0.25) is 21.0 Å². The molecule has 0 N–H and O–H groups in total. The van der Waals surface area contributed by atoms with Gasteiger partial charge in [-0.1, -0.05) is 0 Å². The van der Waals surface area contributed by atoms with E-state index in [-0.39, 0.29) is 30.9 Å². The van der Waals surface area contributed by atoms with Crippen LogP contribution in [0.3, 0.4) is 0 Å². The first-order chi connectivity index (χ1) is 6.61. The van der Waals surface area contributed by atoms with Gasteiger partial charge in [0.2, 0.25) is 0 Å². The summed E-state index contributed by atoms with van der Waals surface area (Å²) in [6, 6.07) is 0. The Morgan fingerprint density at radius 3 is 1.00 bits per heavy atom. The molecule has 0 saturated carbocycles. The molecule has 0 atom stereocenters.